The number of hydrogen-bond acceptors (Lipinski definition) is 0. The van der Waals surface area contributed by atoms with Crippen molar-refractivity contribution in [3.05, 3.63) is 192 Å². The highest BCUT2D eigenvalue weighted by atomic mass is 14.4. The molecule has 56 heavy (non-hydrogen) atoms. The fraction of sp³-hybridized carbons (Fsp3) is 0.107. The van der Waals surface area contributed by atoms with Gasteiger partial charge in [0.25, 0.3) is 0 Å². The molecule has 0 saturated heterocycles. The van der Waals surface area contributed by atoms with Gasteiger partial charge in [0.1, 0.15) is 0 Å². The molecule has 0 aromatic heterocycles. The van der Waals surface area contributed by atoms with E-state index < -0.39 is 0 Å². The van der Waals surface area contributed by atoms with Gasteiger partial charge in [0.15, 0.2) is 0 Å². The molecular weight excluding hydrogens is 673 g/mol. The van der Waals surface area contributed by atoms with Crippen LogP contribution in [0.15, 0.2) is 170 Å². The summed E-state index contributed by atoms with van der Waals surface area (Å²) in [4.78, 5) is 0. The Bertz CT molecular complexity index is 3170. The van der Waals surface area contributed by atoms with E-state index in [0.29, 0.717) is 0 Å². The Morgan fingerprint density at radius 1 is 0.286 bits per heavy atom. The molecule has 0 amide bonds. The maximum absolute atomic E-state index is 2.52. The lowest BCUT2D eigenvalue weighted by Gasteiger charge is -2.24. The monoisotopic (exact) mass is 712 g/mol. The average Bonchev–Trinajstić information content (AvgIpc) is 3.76. The predicted molar refractivity (Wildman–Crippen MR) is 237 cm³/mol. The van der Waals surface area contributed by atoms with Crippen molar-refractivity contribution in [1.29, 1.82) is 0 Å². The van der Waals surface area contributed by atoms with Gasteiger partial charge in [-0.25, -0.2) is 0 Å². The van der Waals surface area contributed by atoms with Crippen molar-refractivity contribution in [2.45, 2.75) is 38.5 Å². The van der Waals surface area contributed by atoms with E-state index >= 15 is 0 Å². The van der Waals surface area contributed by atoms with Gasteiger partial charge in [-0.2, -0.15) is 0 Å². The first kappa shape index (κ1) is 31.8. The Balaban J connectivity index is 1.05. The van der Waals surface area contributed by atoms with E-state index in [1.54, 1.807) is 0 Å². The molecule has 3 aliphatic rings. The van der Waals surface area contributed by atoms with Crippen LogP contribution in [-0.4, -0.2) is 0 Å². The first-order chi connectivity index (χ1) is 27.3. The SMILES string of the molecule is CC1(C)c2ccccc2-c2cc3c(cc21)-c1ccc(-c2ccc(-c4c5c(cc6ccccc46)-c4cccc6cccc-5c46)c(-c4ccccc4)c2)cc1C3(C)C. The number of hydrogen-bond donors (Lipinski definition) is 0. The van der Waals surface area contributed by atoms with Crippen LogP contribution < -0.4 is 0 Å². The zero-order valence-electron chi connectivity index (χ0n) is 32.2. The molecule has 0 saturated carbocycles. The van der Waals surface area contributed by atoms with E-state index in [2.05, 4.69) is 198 Å². The van der Waals surface area contributed by atoms with E-state index in [-0.39, 0.29) is 10.8 Å². The highest BCUT2D eigenvalue weighted by Gasteiger charge is 2.41. The molecule has 0 heteroatoms. The zero-order chi connectivity index (χ0) is 37.5. The number of benzene rings is 9. The minimum Gasteiger partial charge on any atom is -0.0622 e. The third-order valence-corrected chi connectivity index (χ3v) is 13.6. The maximum atomic E-state index is 2.52. The molecule has 3 aliphatic carbocycles. The summed E-state index contributed by atoms with van der Waals surface area (Å²) in [7, 11) is 0. The lowest BCUT2D eigenvalue weighted by Crippen LogP contribution is -2.17. The summed E-state index contributed by atoms with van der Waals surface area (Å²) in [6.07, 6.45) is 0. The average molecular weight is 713 g/mol. The van der Waals surface area contributed by atoms with Crippen LogP contribution in [0.25, 0.3) is 99.4 Å². The van der Waals surface area contributed by atoms with Gasteiger partial charge in [0.2, 0.25) is 0 Å². The molecule has 0 nitrogen and oxygen atoms in total. The molecule has 0 bridgehead atoms. The van der Waals surface area contributed by atoms with Crippen LogP contribution in [-0.2, 0) is 10.8 Å². The van der Waals surface area contributed by atoms with Gasteiger partial charge in [-0.3, -0.25) is 0 Å². The number of fused-ring (bicyclic) bond motifs is 10. The van der Waals surface area contributed by atoms with Crippen LogP contribution in [0.5, 0.6) is 0 Å². The highest BCUT2D eigenvalue weighted by Crippen LogP contribution is 2.58. The molecule has 264 valence electrons. The van der Waals surface area contributed by atoms with Gasteiger partial charge in [0, 0.05) is 10.8 Å². The summed E-state index contributed by atoms with van der Waals surface area (Å²) in [6.45, 7) is 9.59. The zero-order valence-corrected chi connectivity index (χ0v) is 32.2. The second-order valence-corrected chi connectivity index (χ2v) is 17.2. The molecule has 12 rings (SSSR count). The van der Waals surface area contributed by atoms with Gasteiger partial charge in [0.05, 0.1) is 0 Å². The Hall–Kier alpha value is -6.50. The van der Waals surface area contributed by atoms with E-state index in [0.717, 1.165) is 0 Å². The van der Waals surface area contributed by atoms with Crippen molar-refractivity contribution in [3.63, 3.8) is 0 Å². The van der Waals surface area contributed by atoms with Gasteiger partial charge < -0.3 is 0 Å². The summed E-state index contributed by atoms with van der Waals surface area (Å²) in [5.41, 5.74) is 24.0. The molecule has 0 spiro atoms. The van der Waals surface area contributed by atoms with Crippen molar-refractivity contribution in [2.75, 3.05) is 0 Å². The lowest BCUT2D eigenvalue weighted by molar-refractivity contribution is 0.652. The first-order valence-electron chi connectivity index (χ1n) is 20.0. The fourth-order valence-corrected chi connectivity index (χ4v) is 10.8. The summed E-state index contributed by atoms with van der Waals surface area (Å²) in [5.74, 6) is 0. The van der Waals surface area contributed by atoms with Gasteiger partial charge in [-0.15, -0.1) is 0 Å². The Labute approximate surface area is 328 Å². The summed E-state index contributed by atoms with van der Waals surface area (Å²) >= 11 is 0. The smallest absolute Gasteiger partial charge is 0.0159 e. The topological polar surface area (TPSA) is 0 Å². The van der Waals surface area contributed by atoms with E-state index in [1.807, 2.05) is 0 Å². The molecule has 0 heterocycles. The summed E-state index contributed by atoms with van der Waals surface area (Å²) in [5, 5.41) is 5.21. The van der Waals surface area contributed by atoms with Crippen LogP contribution in [0, 0.1) is 0 Å². The van der Waals surface area contributed by atoms with Crippen molar-refractivity contribution in [3.8, 4) is 77.9 Å². The minimum absolute atomic E-state index is 0.0249. The Morgan fingerprint density at radius 3 is 1.64 bits per heavy atom. The van der Waals surface area contributed by atoms with Crippen LogP contribution in [0.3, 0.4) is 0 Å². The van der Waals surface area contributed by atoms with Crippen LogP contribution in [0.4, 0.5) is 0 Å². The molecular formula is C56H40. The van der Waals surface area contributed by atoms with Crippen molar-refractivity contribution >= 4 is 21.5 Å². The molecule has 0 N–H and O–H groups in total. The molecule has 9 aromatic rings. The molecule has 0 atom stereocenters. The molecule has 0 fully saturated rings. The summed E-state index contributed by atoms with van der Waals surface area (Å²) in [6, 6.07) is 64.4. The largest absolute Gasteiger partial charge is 0.0622 e. The van der Waals surface area contributed by atoms with Crippen molar-refractivity contribution in [2.24, 2.45) is 0 Å². The molecule has 0 radical (unpaired) electrons. The lowest BCUT2D eigenvalue weighted by atomic mass is 9.79. The Morgan fingerprint density at radius 2 is 0.857 bits per heavy atom. The van der Waals surface area contributed by atoms with Crippen LogP contribution in [0.1, 0.15) is 49.9 Å². The molecule has 0 aliphatic heterocycles. The highest BCUT2D eigenvalue weighted by molar-refractivity contribution is 6.23. The second kappa shape index (κ2) is 11.1. The Kier molecular flexibility index (Phi) is 6.28. The van der Waals surface area contributed by atoms with Crippen molar-refractivity contribution in [1.82, 2.24) is 0 Å². The minimum atomic E-state index is -0.126. The van der Waals surface area contributed by atoms with E-state index in [4.69, 9.17) is 0 Å². The maximum Gasteiger partial charge on any atom is 0.0159 e. The molecule has 9 aromatic carbocycles. The normalized spacial score (nSPS) is 14.7. The molecule has 0 unspecified atom stereocenters. The van der Waals surface area contributed by atoms with Gasteiger partial charge >= 0.3 is 0 Å². The van der Waals surface area contributed by atoms with Gasteiger partial charge in [-0.05, 0) is 152 Å². The van der Waals surface area contributed by atoms with Crippen molar-refractivity contribution < 1.29 is 0 Å². The first-order valence-corrected chi connectivity index (χ1v) is 20.0. The quantitative estimate of drug-likeness (QED) is 0.171. The number of rotatable bonds is 3. The van der Waals surface area contributed by atoms with E-state index in [1.165, 1.54) is 122 Å². The second-order valence-electron chi connectivity index (χ2n) is 17.2. The van der Waals surface area contributed by atoms with Gasteiger partial charge in [-0.1, -0.05) is 167 Å². The van der Waals surface area contributed by atoms with Crippen LogP contribution in [0.2, 0.25) is 0 Å². The third-order valence-electron chi connectivity index (χ3n) is 13.6. The predicted octanol–water partition coefficient (Wildman–Crippen LogP) is 15.3. The van der Waals surface area contributed by atoms with E-state index in [9.17, 15) is 0 Å². The standard InChI is InChI=1S/C56H40/c1-55(2)48-23-11-10-20-39(48)45-31-51-46(32-50(45)55)40-26-24-36(30-49(40)56(51,3)4)35-25-27-42(44(28-35)33-14-6-5-7-15-33)53-38-19-9-8-16-37(38)29-47-41-21-12-17-34-18-13-22-43(52(34)41)54(47)53/h5-32H,1-4H3. The fourth-order valence-electron chi connectivity index (χ4n) is 10.8. The summed E-state index contributed by atoms with van der Waals surface area (Å²) < 4.78 is 0. The third kappa shape index (κ3) is 4.14. The van der Waals surface area contributed by atoms with Crippen LogP contribution >= 0.6 is 0 Å².